The van der Waals surface area contributed by atoms with Crippen LogP contribution in [-0.4, -0.2) is 46.8 Å². The molecule has 0 aliphatic carbocycles. The Hall–Kier alpha value is 0.610. The van der Waals surface area contributed by atoms with Crippen LogP contribution >= 0.6 is 22.6 Å². The highest BCUT2D eigenvalue weighted by molar-refractivity contribution is 14.1. The summed E-state index contributed by atoms with van der Waals surface area (Å²) in [6, 6.07) is 1.80. The third kappa shape index (κ3) is 5.29. The van der Waals surface area contributed by atoms with Crippen molar-refractivity contribution in [3.05, 3.63) is 0 Å². The molecule has 0 aromatic rings. The maximum absolute atomic E-state index is 5.56. The number of rotatable bonds is 5. The molecule has 1 aliphatic heterocycles. The first-order valence-corrected chi connectivity index (χ1v) is 7.49. The van der Waals surface area contributed by atoms with Crippen molar-refractivity contribution < 1.29 is 4.74 Å². The van der Waals surface area contributed by atoms with Gasteiger partial charge in [-0.15, -0.1) is 0 Å². The Morgan fingerprint density at radius 3 is 2.62 bits per heavy atom. The minimum atomic E-state index is 0.363. The number of ether oxygens (including phenoxy) is 1. The first-order valence-electron chi connectivity index (χ1n) is 6.24. The molecule has 1 N–H and O–H groups in total. The van der Waals surface area contributed by atoms with E-state index in [2.05, 4.69) is 60.5 Å². The molecular formula is C12H25IN2O. The van der Waals surface area contributed by atoms with Crippen molar-refractivity contribution in [1.29, 1.82) is 0 Å². The van der Waals surface area contributed by atoms with Crippen molar-refractivity contribution in [2.45, 2.75) is 56.4 Å². The molecule has 0 amide bonds. The average Bonchev–Trinajstić information content (AvgIpc) is 2.16. The fourth-order valence-corrected chi connectivity index (χ4v) is 3.08. The second-order valence-electron chi connectivity index (χ2n) is 5.08. The molecule has 16 heavy (non-hydrogen) atoms. The van der Waals surface area contributed by atoms with Gasteiger partial charge in [-0.25, -0.2) is 0 Å². The molecule has 96 valence electrons. The van der Waals surface area contributed by atoms with E-state index in [9.17, 15) is 0 Å². The number of alkyl halides is 1. The molecule has 4 heteroatoms. The zero-order chi connectivity index (χ0) is 12.1. The summed E-state index contributed by atoms with van der Waals surface area (Å²) in [4.78, 5) is 2.54. The van der Waals surface area contributed by atoms with Crippen LogP contribution < -0.4 is 5.32 Å². The molecule has 0 saturated carbocycles. The highest BCUT2D eigenvalue weighted by atomic mass is 127. The fraction of sp³-hybridized carbons (Fsp3) is 1.00. The Bertz CT molecular complexity index is 201. The van der Waals surface area contributed by atoms with Gasteiger partial charge in [-0.05, 0) is 42.9 Å². The van der Waals surface area contributed by atoms with Crippen LogP contribution in [0.15, 0.2) is 0 Å². The first kappa shape index (κ1) is 14.7. The van der Waals surface area contributed by atoms with Gasteiger partial charge in [0.1, 0.15) is 4.11 Å². The van der Waals surface area contributed by atoms with Crippen molar-refractivity contribution in [1.82, 2.24) is 10.2 Å². The largest absolute Gasteiger partial charge is 0.365 e. The Balaban J connectivity index is 2.30. The van der Waals surface area contributed by atoms with Gasteiger partial charge < -0.3 is 10.1 Å². The summed E-state index contributed by atoms with van der Waals surface area (Å²) < 4.78 is 5.92. The molecule has 0 bridgehead atoms. The molecule has 0 aromatic carbocycles. The van der Waals surface area contributed by atoms with Crippen LogP contribution in [0.1, 0.15) is 34.1 Å². The molecule has 0 spiro atoms. The van der Waals surface area contributed by atoms with Crippen molar-refractivity contribution >= 4 is 22.6 Å². The predicted molar refractivity (Wildman–Crippen MR) is 77.1 cm³/mol. The molecule has 1 fully saturated rings. The van der Waals surface area contributed by atoms with E-state index < -0.39 is 0 Å². The Morgan fingerprint density at radius 2 is 2.06 bits per heavy atom. The van der Waals surface area contributed by atoms with Crippen LogP contribution in [0.2, 0.25) is 0 Å². The Labute approximate surface area is 113 Å². The van der Waals surface area contributed by atoms with E-state index in [0.29, 0.717) is 22.2 Å². The van der Waals surface area contributed by atoms with Crippen LogP contribution in [0.25, 0.3) is 0 Å². The van der Waals surface area contributed by atoms with Gasteiger partial charge in [0.15, 0.2) is 0 Å². The van der Waals surface area contributed by atoms with E-state index in [1.165, 1.54) is 6.42 Å². The highest BCUT2D eigenvalue weighted by Crippen LogP contribution is 2.16. The molecule has 1 rings (SSSR count). The zero-order valence-electron chi connectivity index (χ0n) is 10.9. The van der Waals surface area contributed by atoms with E-state index in [1.807, 2.05) is 0 Å². The second-order valence-corrected chi connectivity index (χ2v) is 6.47. The fourth-order valence-electron chi connectivity index (χ4n) is 2.32. The number of hydrogen-bond acceptors (Lipinski definition) is 3. The summed E-state index contributed by atoms with van der Waals surface area (Å²) >= 11 is 2.38. The van der Waals surface area contributed by atoms with Crippen molar-refractivity contribution in [3.8, 4) is 0 Å². The minimum absolute atomic E-state index is 0.363. The highest BCUT2D eigenvalue weighted by Gasteiger charge is 2.23. The van der Waals surface area contributed by atoms with Gasteiger partial charge in [-0.2, -0.15) is 0 Å². The van der Waals surface area contributed by atoms with Crippen molar-refractivity contribution in [2.75, 3.05) is 19.7 Å². The summed E-state index contributed by atoms with van der Waals surface area (Å²) in [6.07, 6.45) is 1.21. The number of nitrogens with one attached hydrogen (secondary N) is 1. The third-order valence-electron chi connectivity index (χ3n) is 2.99. The normalized spacial score (nSPS) is 27.0. The SMILES string of the molecule is CC(C)N[C@@H](C)CC(C)N1CCOC(I)C1. The predicted octanol–water partition coefficient (Wildman–Crippen LogP) is 2.24. The van der Waals surface area contributed by atoms with Gasteiger partial charge in [0.2, 0.25) is 0 Å². The number of halogens is 1. The molecule has 1 heterocycles. The maximum atomic E-state index is 5.56. The minimum Gasteiger partial charge on any atom is -0.365 e. The van der Waals surface area contributed by atoms with E-state index in [0.717, 1.165) is 19.7 Å². The quantitative estimate of drug-likeness (QED) is 0.614. The lowest BCUT2D eigenvalue weighted by atomic mass is 10.1. The van der Waals surface area contributed by atoms with Crippen LogP contribution in [0.4, 0.5) is 0 Å². The van der Waals surface area contributed by atoms with Gasteiger partial charge in [0.25, 0.3) is 0 Å². The van der Waals surface area contributed by atoms with Crippen LogP contribution in [0.5, 0.6) is 0 Å². The van der Waals surface area contributed by atoms with Gasteiger partial charge in [-0.1, -0.05) is 13.8 Å². The smallest absolute Gasteiger partial charge is 0.121 e. The maximum Gasteiger partial charge on any atom is 0.121 e. The van der Waals surface area contributed by atoms with Crippen molar-refractivity contribution in [3.63, 3.8) is 0 Å². The second kappa shape index (κ2) is 7.13. The summed E-state index contributed by atoms with van der Waals surface area (Å²) in [5, 5.41) is 3.56. The van der Waals surface area contributed by atoms with Gasteiger partial charge in [0.05, 0.1) is 6.61 Å². The average molecular weight is 340 g/mol. The van der Waals surface area contributed by atoms with E-state index in [4.69, 9.17) is 4.74 Å². The van der Waals surface area contributed by atoms with Gasteiger partial charge in [0, 0.05) is 31.2 Å². The van der Waals surface area contributed by atoms with E-state index in [1.54, 1.807) is 0 Å². The van der Waals surface area contributed by atoms with Crippen LogP contribution in [0, 0.1) is 0 Å². The lowest BCUT2D eigenvalue weighted by Crippen LogP contribution is -2.47. The number of hydrogen-bond donors (Lipinski definition) is 1. The standard InChI is InChI=1S/C12H25IN2O/c1-9(2)14-10(3)7-11(4)15-5-6-16-12(13)8-15/h9-12,14H,5-8H2,1-4H3/t10-,11?,12?/m0/s1. The summed E-state index contributed by atoms with van der Waals surface area (Å²) in [6.45, 7) is 12.0. The van der Waals surface area contributed by atoms with Crippen LogP contribution in [0.3, 0.4) is 0 Å². The summed E-state index contributed by atoms with van der Waals surface area (Å²) in [5.74, 6) is 0. The molecule has 0 radical (unpaired) electrons. The Kier molecular flexibility index (Phi) is 6.54. The molecule has 2 unspecified atom stereocenters. The van der Waals surface area contributed by atoms with E-state index in [-0.39, 0.29) is 0 Å². The number of nitrogens with zero attached hydrogens (tertiary/aromatic N) is 1. The molecule has 1 aliphatic rings. The molecule has 1 saturated heterocycles. The summed E-state index contributed by atoms with van der Waals surface area (Å²) in [7, 11) is 0. The van der Waals surface area contributed by atoms with E-state index >= 15 is 0 Å². The Morgan fingerprint density at radius 1 is 1.38 bits per heavy atom. The number of morpholine rings is 1. The monoisotopic (exact) mass is 340 g/mol. The lowest BCUT2D eigenvalue weighted by Gasteiger charge is -2.36. The topological polar surface area (TPSA) is 24.5 Å². The molecular weight excluding hydrogens is 315 g/mol. The summed E-state index contributed by atoms with van der Waals surface area (Å²) in [5.41, 5.74) is 0. The van der Waals surface area contributed by atoms with Gasteiger partial charge in [-0.3, -0.25) is 4.90 Å². The molecule has 0 aromatic heterocycles. The van der Waals surface area contributed by atoms with Crippen molar-refractivity contribution in [2.24, 2.45) is 0 Å². The van der Waals surface area contributed by atoms with Crippen LogP contribution in [-0.2, 0) is 4.74 Å². The zero-order valence-corrected chi connectivity index (χ0v) is 13.0. The van der Waals surface area contributed by atoms with Gasteiger partial charge >= 0.3 is 0 Å². The third-order valence-corrected chi connectivity index (χ3v) is 3.74. The first-order chi connectivity index (χ1) is 7.49. The molecule has 3 atom stereocenters. The lowest BCUT2D eigenvalue weighted by molar-refractivity contribution is 0.00697. The molecule has 3 nitrogen and oxygen atoms in total.